The van der Waals surface area contributed by atoms with Crippen LogP contribution in [0.5, 0.6) is 0 Å². The van der Waals surface area contributed by atoms with Crippen molar-refractivity contribution in [3.05, 3.63) is 29.8 Å². The maximum Gasteiger partial charge on any atom is 0.143 e. The van der Waals surface area contributed by atoms with Crippen LogP contribution in [0.25, 0.3) is 0 Å². The number of para-hydroxylation sites is 1. The monoisotopic (exact) mass is 190 g/mol. The fraction of sp³-hybridized carbons (Fsp3) is 0.300. The average molecular weight is 190 g/mol. The summed E-state index contributed by atoms with van der Waals surface area (Å²) in [5, 5.41) is 30.8. The molecule has 0 bridgehead atoms. The van der Waals surface area contributed by atoms with Crippen molar-refractivity contribution >= 4 is 5.69 Å². The molecule has 0 saturated carbocycles. The molecule has 3 N–H and O–H groups in total. The highest BCUT2D eigenvalue weighted by molar-refractivity contribution is 5.57. The Kier molecular flexibility index (Phi) is 2.12. The maximum absolute atomic E-state index is 9.69. The van der Waals surface area contributed by atoms with Gasteiger partial charge in [-0.3, -0.25) is 0 Å². The Hall–Kier alpha value is -1.57. The number of nitriles is 1. The van der Waals surface area contributed by atoms with Crippen LogP contribution in [-0.4, -0.2) is 22.4 Å². The standard InChI is InChI=1S/C10H10N2O2/c11-5-8-10(14)9(13)6-3-1-2-4-7(6)12-8/h1-4,8-10,12-14H/t8-,9+,10-/m0/s1. The molecule has 2 rings (SSSR count). The van der Waals surface area contributed by atoms with Crippen LogP contribution in [0.4, 0.5) is 5.69 Å². The van der Waals surface area contributed by atoms with Gasteiger partial charge in [0.05, 0.1) is 6.07 Å². The van der Waals surface area contributed by atoms with Crippen molar-refractivity contribution in [1.29, 1.82) is 5.26 Å². The van der Waals surface area contributed by atoms with Gasteiger partial charge in [0, 0.05) is 11.3 Å². The molecule has 0 fully saturated rings. The van der Waals surface area contributed by atoms with E-state index in [2.05, 4.69) is 5.32 Å². The van der Waals surface area contributed by atoms with Crippen molar-refractivity contribution in [3.8, 4) is 6.07 Å². The molecule has 1 aliphatic heterocycles. The molecule has 3 atom stereocenters. The second kappa shape index (κ2) is 3.29. The summed E-state index contributed by atoms with van der Waals surface area (Å²) in [7, 11) is 0. The van der Waals surface area contributed by atoms with Crippen molar-refractivity contribution in [1.82, 2.24) is 0 Å². The SMILES string of the molecule is N#C[C@@H]1Nc2ccccc2[C@@H](O)[C@H]1O. The number of rotatable bonds is 0. The van der Waals surface area contributed by atoms with E-state index in [-0.39, 0.29) is 0 Å². The molecular formula is C10H10N2O2. The van der Waals surface area contributed by atoms with E-state index in [9.17, 15) is 10.2 Å². The average Bonchev–Trinajstić information content (AvgIpc) is 2.23. The molecule has 1 aromatic carbocycles. The zero-order valence-corrected chi connectivity index (χ0v) is 7.38. The zero-order chi connectivity index (χ0) is 10.1. The molecule has 14 heavy (non-hydrogen) atoms. The summed E-state index contributed by atoms with van der Waals surface area (Å²) >= 11 is 0. The van der Waals surface area contributed by atoms with E-state index >= 15 is 0 Å². The molecule has 0 aliphatic carbocycles. The predicted octanol–water partition coefficient (Wildman–Crippen LogP) is 0.399. The summed E-state index contributed by atoms with van der Waals surface area (Å²) in [5.41, 5.74) is 1.34. The number of aliphatic hydroxyl groups is 2. The zero-order valence-electron chi connectivity index (χ0n) is 7.38. The summed E-state index contributed by atoms with van der Waals surface area (Å²) in [6.07, 6.45) is -2.06. The number of hydrogen-bond acceptors (Lipinski definition) is 4. The Morgan fingerprint density at radius 3 is 2.71 bits per heavy atom. The minimum Gasteiger partial charge on any atom is -0.387 e. The van der Waals surface area contributed by atoms with Crippen molar-refractivity contribution < 1.29 is 10.2 Å². The summed E-state index contributed by atoms with van der Waals surface area (Å²) in [6, 6.07) is 8.24. The predicted molar refractivity (Wildman–Crippen MR) is 50.4 cm³/mol. The van der Waals surface area contributed by atoms with Gasteiger partial charge < -0.3 is 15.5 Å². The molecule has 0 amide bonds. The van der Waals surface area contributed by atoms with Gasteiger partial charge in [0.15, 0.2) is 0 Å². The first-order valence-electron chi connectivity index (χ1n) is 4.35. The van der Waals surface area contributed by atoms with Crippen LogP contribution in [0.3, 0.4) is 0 Å². The molecule has 72 valence electrons. The number of fused-ring (bicyclic) bond motifs is 1. The van der Waals surface area contributed by atoms with Gasteiger partial charge in [-0.25, -0.2) is 0 Å². The van der Waals surface area contributed by atoms with Gasteiger partial charge in [-0.2, -0.15) is 5.26 Å². The number of hydrogen-bond donors (Lipinski definition) is 3. The fourth-order valence-corrected chi connectivity index (χ4v) is 1.61. The van der Waals surface area contributed by atoms with Crippen LogP contribution in [0, 0.1) is 11.3 Å². The van der Waals surface area contributed by atoms with Crippen LogP contribution >= 0.6 is 0 Å². The molecule has 0 radical (unpaired) electrons. The normalized spacial score (nSPS) is 29.9. The molecule has 4 heteroatoms. The minimum absolute atomic E-state index is 0.631. The molecular weight excluding hydrogens is 180 g/mol. The quantitative estimate of drug-likeness (QED) is 0.553. The van der Waals surface area contributed by atoms with Crippen LogP contribution in [-0.2, 0) is 0 Å². The fourth-order valence-electron chi connectivity index (χ4n) is 1.61. The van der Waals surface area contributed by atoms with Gasteiger partial charge in [0.1, 0.15) is 18.2 Å². The second-order valence-corrected chi connectivity index (χ2v) is 3.27. The molecule has 0 spiro atoms. The third kappa shape index (κ3) is 1.23. The largest absolute Gasteiger partial charge is 0.387 e. The maximum atomic E-state index is 9.69. The number of benzene rings is 1. The molecule has 1 aliphatic rings. The van der Waals surface area contributed by atoms with Gasteiger partial charge >= 0.3 is 0 Å². The number of anilines is 1. The van der Waals surface area contributed by atoms with Crippen molar-refractivity contribution in [2.75, 3.05) is 5.32 Å². The molecule has 0 unspecified atom stereocenters. The van der Waals surface area contributed by atoms with Crippen molar-refractivity contribution in [3.63, 3.8) is 0 Å². The molecule has 4 nitrogen and oxygen atoms in total. The lowest BCUT2D eigenvalue weighted by atomic mass is 9.93. The van der Waals surface area contributed by atoms with Crippen molar-refractivity contribution in [2.24, 2.45) is 0 Å². The van der Waals surface area contributed by atoms with E-state index in [1.165, 1.54) is 0 Å². The molecule has 0 saturated heterocycles. The van der Waals surface area contributed by atoms with E-state index in [0.717, 1.165) is 0 Å². The topological polar surface area (TPSA) is 76.3 Å². The van der Waals surface area contributed by atoms with Crippen LogP contribution in [0.1, 0.15) is 11.7 Å². The highest BCUT2D eigenvalue weighted by atomic mass is 16.3. The van der Waals surface area contributed by atoms with E-state index in [0.29, 0.717) is 11.3 Å². The van der Waals surface area contributed by atoms with Crippen LogP contribution in [0.2, 0.25) is 0 Å². The van der Waals surface area contributed by atoms with Crippen LogP contribution in [0.15, 0.2) is 24.3 Å². The molecule has 1 aromatic rings. The third-order valence-electron chi connectivity index (χ3n) is 2.39. The number of aliphatic hydroxyl groups excluding tert-OH is 2. The first-order valence-corrected chi connectivity index (χ1v) is 4.35. The Balaban J connectivity index is 2.43. The smallest absolute Gasteiger partial charge is 0.143 e. The number of nitrogens with one attached hydrogen (secondary N) is 1. The van der Waals surface area contributed by atoms with Gasteiger partial charge in [-0.05, 0) is 6.07 Å². The van der Waals surface area contributed by atoms with Gasteiger partial charge in [0.2, 0.25) is 0 Å². The highest BCUT2D eigenvalue weighted by Gasteiger charge is 2.33. The summed E-state index contributed by atoms with van der Waals surface area (Å²) in [4.78, 5) is 0. The van der Waals surface area contributed by atoms with Gasteiger partial charge in [-0.1, -0.05) is 18.2 Å². The minimum atomic E-state index is -1.07. The van der Waals surface area contributed by atoms with Crippen LogP contribution < -0.4 is 5.32 Å². The summed E-state index contributed by atoms with van der Waals surface area (Å²) < 4.78 is 0. The Bertz CT molecular complexity index is 386. The lowest BCUT2D eigenvalue weighted by Crippen LogP contribution is -2.41. The molecule has 1 heterocycles. The summed E-state index contributed by atoms with van der Waals surface area (Å²) in [6.45, 7) is 0. The first-order chi connectivity index (χ1) is 6.74. The van der Waals surface area contributed by atoms with Gasteiger partial charge in [-0.15, -0.1) is 0 Å². The lowest BCUT2D eigenvalue weighted by molar-refractivity contribution is 0.0120. The Labute approximate surface area is 81.4 Å². The molecule has 0 aromatic heterocycles. The Morgan fingerprint density at radius 2 is 2.00 bits per heavy atom. The van der Waals surface area contributed by atoms with E-state index in [1.807, 2.05) is 12.1 Å². The van der Waals surface area contributed by atoms with E-state index < -0.39 is 18.2 Å². The first kappa shape index (κ1) is 9.00. The van der Waals surface area contributed by atoms with Gasteiger partial charge in [0.25, 0.3) is 0 Å². The lowest BCUT2D eigenvalue weighted by Gasteiger charge is -2.31. The van der Waals surface area contributed by atoms with E-state index in [4.69, 9.17) is 5.26 Å². The second-order valence-electron chi connectivity index (χ2n) is 3.27. The van der Waals surface area contributed by atoms with E-state index in [1.54, 1.807) is 18.2 Å². The highest BCUT2D eigenvalue weighted by Crippen LogP contribution is 2.32. The Morgan fingerprint density at radius 1 is 1.29 bits per heavy atom. The summed E-state index contributed by atoms with van der Waals surface area (Å²) in [5.74, 6) is 0. The van der Waals surface area contributed by atoms with Crippen molar-refractivity contribution in [2.45, 2.75) is 18.2 Å². The third-order valence-corrected chi connectivity index (χ3v) is 2.39. The number of nitrogens with zero attached hydrogens (tertiary/aromatic N) is 1.